The van der Waals surface area contributed by atoms with Crippen LogP contribution in [0.15, 0.2) is 36.8 Å². The van der Waals surface area contributed by atoms with E-state index in [1.807, 2.05) is 25.1 Å². The van der Waals surface area contributed by atoms with E-state index in [-0.39, 0.29) is 24.4 Å². The smallest absolute Gasteiger partial charge is 0.323 e. The number of hydrogen-bond acceptors (Lipinski definition) is 4. The molecule has 0 aromatic carbocycles. The van der Waals surface area contributed by atoms with E-state index in [2.05, 4.69) is 15.4 Å². The van der Waals surface area contributed by atoms with Crippen LogP contribution in [0.25, 0.3) is 5.82 Å². The SMILES string of the molecule is CC1(C2CC2)NC(=O)N(Cc2ccc(-n3cccn3)nc2)C1=O. The highest BCUT2D eigenvalue weighted by molar-refractivity contribution is 6.07. The van der Waals surface area contributed by atoms with Gasteiger partial charge in [-0.1, -0.05) is 6.07 Å². The Kier molecular flexibility index (Phi) is 2.97. The van der Waals surface area contributed by atoms with Crippen molar-refractivity contribution in [1.29, 1.82) is 0 Å². The molecular formula is C16H17N5O2. The van der Waals surface area contributed by atoms with E-state index < -0.39 is 5.54 Å². The van der Waals surface area contributed by atoms with Crippen LogP contribution in [0.5, 0.6) is 0 Å². The molecule has 1 unspecified atom stereocenters. The second-order valence-corrected chi connectivity index (χ2v) is 6.27. The lowest BCUT2D eigenvalue weighted by molar-refractivity contribution is -0.131. The highest BCUT2D eigenvalue weighted by Crippen LogP contribution is 2.42. The summed E-state index contributed by atoms with van der Waals surface area (Å²) in [6.07, 6.45) is 7.15. The Balaban J connectivity index is 1.52. The van der Waals surface area contributed by atoms with Gasteiger partial charge in [-0.2, -0.15) is 5.10 Å². The van der Waals surface area contributed by atoms with Crippen LogP contribution in [0.1, 0.15) is 25.3 Å². The Morgan fingerprint density at radius 2 is 2.17 bits per heavy atom. The van der Waals surface area contributed by atoms with Crippen molar-refractivity contribution in [2.24, 2.45) is 5.92 Å². The van der Waals surface area contributed by atoms with Crippen molar-refractivity contribution >= 4 is 11.9 Å². The highest BCUT2D eigenvalue weighted by atomic mass is 16.2. The number of aromatic nitrogens is 3. The van der Waals surface area contributed by atoms with Crippen LogP contribution in [0.4, 0.5) is 4.79 Å². The molecule has 1 aliphatic heterocycles. The van der Waals surface area contributed by atoms with Gasteiger partial charge < -0.3 is 5.32 Å². The maximum absolute atomic E-state index is 12.6. The largest absolute Gasteiger partial charge is 0.325 e. The number of amides is 3. The van der Waals surface area contributed by atoms with Crippen LogP contribution in [0, 0.1) is 5.92 Å². The first kappa shape index (κ1) is 13.9. The first-order valence-electron chi connectivity index (χ1n) is 7.67. The summed E-state index contributed by atoms with van der Waals surface area (Å²) in [6.45, 7) is 2.06. The maximum atomic E-state index is 12.6. The molecule has 118 valence electrons. The molecule has 3 amide bonds. The molecule has 0 bridgehead atoms. The van der Waals surface area contributed by atoms with Crippen LogP contribution in [-0.2, 0) is 11.3 Å². The highest BCUT2D eigenvalue weighted by Gasteiger charge is 2.55. The fourth-order valence-corrected chi connectivity index (χ4v) is 3.03. The zero-order valence-electron chi connectivity index (χ0n) is 12.8. The normalized spacial score (nSPS) is 24.1. The summed E-state index contributed by atoms with van der Waals surface area (Å²) in [5.41, 5.74) is 0.0731. The predicted molar refractivity (Wildman–Crippen MR) is 81.6 cm³/mol. The number of hydrogen-bond donors (Lipinski definition) is 1. The Labute approximate surface area is 133 Å². The van der Waals surface area contributed by atoms with Crippen LogP contribution < -0.4 is 5.32 Å². The molecule has 1 saturated carbocycles. The van der Waals surface area contributed by atoms with Gasteiger partial charge in [-0.15, -0.1) is 0 Å². The first-order chi connectivity index (χ1) is 11.1. The molecule has 2 aliphatic rings. The van der Waals surface area contributed by atoms with Crippen molar-refractivity contribution in [2.45, 2.75) is 31.8 Å². The third kappa shape index (κ3) is 2.28. The molecule has 7 heteroatoms. The van der Waals surface area contributed by atoms with Gasteiger partial charge in [-0.05, 0) is 43.4 Å². The number of urea groups is 1. The number of carbonyl (C=O) groups excluding carboxylic acids is 2. The summed E-state index contributed by atoms with van der Waals surface area (Å²) in [5.74, 6) is 0.823. The van der Waals surface area contributed by atoms with Gasteiger partial charge in [0.15, 0.2) is 5.82 Å². The lowest BCUT2D eigenvalue weighted by atomic mass is 9.96. The molecule has 0 radical (unpaired) electrons. The molecule has 1 atom stereocenters. The van der Waals surface area contributed by atoms with Gasteiger partial charge in [0, 0.05) is 18.6 Å². The molecule has 1 saturated heterocycles. The first-order valence-corrected chi connectivity index (χ1v) is 7.67. The third-order valence-electron chi connectivity index (χ3n) is 4.58. The number of imide groups is 1. The van der Waals surface area contributed by atoms with Gasteiger partial charge in [0.25, 0.3) is 5.91 Å². The van der Waals surface area contributed by atoms with Gasteiger partial charge in [-0.3, -0.25) is 9.69 Å². The molecule has 1 aliphatic carbocycles. The van der Waals surface area contributed by atoms with Crippen molar-refractivity contribution in [2.75, 3.05) is 0 Å². The molecule has 4 rings (SSSR count). The second kappa shape index (κ2) is 4.91. The zero-order chi connectivity index (χ0) is 16.0. The fraction of sp³-hybridized carbons (Fsp3) is 0.375. The molecule has 2 aromatic heterocycles. The summed E-state index contributed by atoms with van der Waals surface area (Å²) in [6, 6.07) is 5.18. The van der Waals surface area contributed by atoms with Crippen LogP contribution in [-0.4, -0.2) is 37.1 Å². The summed E-state index contributed by atoms with van der Waals surface area (Å²) >= 11 is 0. The molecule has 0 spiro atoms. The Morgan fingerprint density at radius 3 is 2.78 bits per heavy atom. The molecule has 2 aromatic rings. The van der Waals surface area contributed by atoms with Crippen molar-refractivity contribution in [3.8, 4) is 5.82 Å². The number of nitrogens with one attached hydrogen (secondary N) is 1. The van der Waals surface area contributed by atoms with Gasteiger partial charge in [0.1, 0.15) is 5.54 Å². The molecule has 2 fully saturated rings. The monoisotopic (exact) mass is 311 g/mol. The Bertz CT molecular complexity index is 751. The van der Waals surface area contributed by atoms with Crippen molar-refractivity contribution in [3.05, 3.63) is 42.4 Å². The van der Waals surface area contributed by atoms with Crippen molar-refractivity contribution < 1.29 is 9.59 Å². The molecule has 3 heterocycles. The Hall–Kier alpha value is -2.70. The number of carbonyl (C=O) groups is 2. The second-order valence-electron chi connectivity index (χ2n) is 6.27. The van der Waals surface area contributed by atoms with E-state index in [0.29, 0.717) is 5.82 Å². The summed E-state index contributed by atoms with van der Waals surface area (Å²) in [7, 11) is 0. The van der Waals surface area contributed by atoms with Gasteiger partial charge in [0.05, 0.1) is 6.54 Å². The quantitative estimate of drug-likeness (QED) is 0.868. The van der Waals surface area contributed by atoms with Gasteiger partial charge in [-0.25, -0.2) is 14.5 Å². The summed E-state index contributed by atoms with van der Waals surface area (Å²) < 4.78 is 1.65. The van der Waals surface area contributed by atoms with Gasteiger partial charge in [0.2, 0.25) is 0 Å². The molecule has 7 nitrogen and oxygen atoms in total. The van der Waals surface area contributed by atoms with E-state index in [9.17, 15) is 9.59 Å². The fourth-order valence-electron chi connectivity index (χ4n) is 3.03. The molecular weight excluding hydrogens is 294 g/mol. The molecule has 23 heavy (non-hydrogen) atoms. The van der Waals surface area contributed by atoms with E-state index in [1.165, 1.54) is 4.90 Å². The van der Waals surface area contributed by atoms with E-state index in [0.717, 1.165) is 18.4 Å². The maximum Gasteiger partial charge on any atom is 0.325 e. The number of pyridine rings is 1. The molecule has 1 N–H and O–H groups in total. The van der Waals surface area contributed by atoms with Crippen LogP contribution in [0.3, 0.4) is 0 Å². The average molecular weight is 311 g/mol. The third-order valence-corrected chi connectivity index (χ3v) is 4.58. The zero-order valence-corrected chi connectivity index (χ0v) is 12.8. The van der Waals surface area contributed by atoms with Gasteiger partial charge >= 0.3 is 6.03 Å². The number of rotatable bonds is 4. The minimum Gasteiger partial charge on any atom is -0.323 e. The standard InChI is InChI=1S/C16H17N5O2/c1-16(12-4-5-12)14(22)20(15(23)19-16)10-11-3-6-13(17-9-11)21-8-2-7-18-21/h2-3,6-9,12H,4-5,10H2,1H3,(H,19,23). The van der Waals surface area contributed by atoms with Crippen LogP contribution >= 0.6 is 0 Å². The minimum absolute atomic E-state index is 0.138. The van der Waals surface area contributed by atoms with E-state index >= 15 is 0 Å². The lowest BCUT2D eigenvalue weighted by Crippen LogP contribution is -2.46. The summed E-state index contributed by atoms with van der Waals surface area (Å²) in [5, 5.41) is 6.96. The average Bonchev–Trinajstić information content (AvgIpc) is 3.23. The van der Waals surface area contributed by atoms with E-state index in [4.69, 9.17) is 0 Å². The van der Waals surface area contributed by atoms with Crippen LogP contribution in [0.2, 0.25) is 0 Å². The van der Waals surface area contributed by atoms with Crippen molar-refractivity contribution in [1.82, 2.24) is 25.0 Å². The van der Waals surface area contributed by atoms with E-state index in [1.54, 1.807) is 23.3 Å². The minimum atomic E-state index is -0.737. The Morgan fingerprint density at radius 1 is 1.35 bits per heavy atom. The summed E-state index contributed by atoms with van der Waals surface area (Å²) in [4.78, 5) is 30.3. The number of nitrogens with zero attached hydrogens (tertiary/aromatic N) is 4. The topological polar surface area (TPSA) is 80.1 Å². The van der Waals surface area contributed by atoms with Crippen molar-refractivity contribution in [3.63, 3.8) is 0 Å². The predicted octanol–water partition coefficient (Wildman–Crippen LogP) is 1.49. The lowest BCUT2D eigenvalue weighted by Gasteiger charge is -2.20.